The third-order valence-corrected chi connectivity index (χ3v) is 5.53. The monoisotopic (exact) mass is 334 g/mol. The first-order valence-electron chi connectivity index (χ1n) is 7.10. The van der Waals surface area contributed by atoms with Gasteiger partial charge in [0.05, 0.1) is 15.5 Å². The van der Waals surface area contributed by atoms with Gasteiger partial charge in [0.25, 0.3) is 15.7 Å². The molecule has 0 spiro atoms. The van der Waals surface area contributed by atoms with E-state index in [-0.39, 0.29) is 10.6 Å². The highest BCUT2D eigenvalue weighted by Gasteiger charge is 2.24. The number of aryl methyl sites for hydroxylation is 2. The van der Waals surface area contributed by atoms with Gasteiger partial charge in [-0.25, -0.2) is 8.42 Å². The summed E-state index contributed by atoms with van der Waals surface area (Å²) in [5, 5.41) is 11.0. The number of hydrogen-bond donors (Lipinski definition) is 0. The summed E-state index contributed by atoms with van der Waals surface area (Å²) in [6, 6.07) is 11.1. The highest BCUT2D eigenvalue weighted by atomic mass is 32.2. The van der Waals surface area contributed by atoms with Gasteiger partial charge in [-0.1, -0.05) is 25.1 Å². The van der Waals surface area contributed by atoms with Crippen molar-refractivity contribution in [2.75, 3.05) is 11.4 Å². The standard InChI is InChI=1S/C16H18N2O4S/c1-4-13-6-8-14(9-7-13)17(3)23(21,22)15-10-5-12(2)16(11-15)18(19)20/h5-11H,4H2,1-3H3. The van der Waals surface area contributed by atoms with E-state index in [2.05, 4.69) is 0 Å². The molecule has 7 heteroatoms. The van der Waals surface area contributed by atoms with Crippen molar-refractivity contribution in [3.05, 3.63) is 63.7 Å². The van der Waals surface area contributed by atoms with Crippen molar-refractivity contribution in [1.82, 2.24) is 0 Å². The molecule has 0 aliphatic heterocycles. The molecule has 0 atom stereocenters. The van der Waals surface area contributed by atoms with Crippen molar-refractivity contribution >= 4 is 21.4 Å². The van der Waals surface area contributed by atoms with E-state index < -0.39 is 14.9 Å². The lowest BCUT2D eigenvalue weighted by Gasteiger charge is -2.20. The van der Waals surface area contributed by atoms with E-state index >= 15 is 0 Å². The number of sulfonamides is 1. The molecule has 0 aromatic heterocycles. The molecule has 0 aliphatic carbocycles. The second kappa shape index (κ2) is 6.37. The van der Waals surface area contributed by atoms with Gasteiger partial charge < -0.3 is 0 Å². The molecule has 0 unspecified atom stereocenters. The fourth-order valence-corrected chi connectivity index (χ4v) is 3.40. The number of benzene rings is 2. The van der Waals surface area contributed by atoms with Gasteiger partial charge in [-0.3, -0.25) is 14.4 Å². The molecule has 0 N–H and O–H groups in total. The third-order valence-electron chi connectivity index (χ3n) is 3.74. The lowest BCUT2D eigenvalue weighted by molar-refractivity contribution is -0.385. The van der Waals surface area contributed by atoms with Crippen molar-refractivity contribution in [2.45, 2.75) is 25.2 Å². The molecule has 0 aliphatic rings. The minimum Gasteiger partial charge on any atom is -0.269 e. The average molecular weight is 334 g/mol. The molecule has 0 bridgehead atoms. The summed E-state index contributed by atoms with van der Waals surface area (Å²) in [4.78, 5) is 10.3. The molecule has 0 heterocycles. The molecule has 122 valence electrons. The predicted octanol–water partition coefficient (Wildman–Crippen LogP) is 3.29. The minimum atomic E-state index is -3.86. The van der Waals surface area contributed by atoms with E-state index in [1.165, 1.54) is 19.2 Å². The van der Waals surface area contributed by atoms with Crippen molar-refractivity contribution in [3.63, 3.8) is 0 Å². The summed E-state index contributed by atoms with van der Waals surface area (Å²) >= 11 is 0. The van der Waals surface area contributed by atoms with E-state index in [0.717, 1.165) is 22.4 Å². The highest BCUT2D eigenvalue weighted by Crippen LogP contribution is 2.27. The van der Waals surface area contributed by atoms with Crippen LogP contribution in [0.4, 0.5) is 11.4 Å². The van der Waals surface area contributed by atoms with E-state index in [1.54, 1.807) is 19.1 Å². The van der Waals surface area contributed by atoms with Crippen LogP contribution in [0, 0.1) is 17.0 Å². The third kappa shape index (κ3) is 3.34. The van der Waals surface area contributed by atoms with E-state index in [0.29, 0.717) is 11.3 Å². The number of nitrogens with zero attached hydrogens (tertiary/aromatic N) is 2. The molecular weight excluding hydrogens is 316 g/mol. The van der Waals surface area contributed by atoms with Gasteiger partial charge in [-0.05, 0) is 37.1 Å². The van der Waals surface area contributed by atoms with Crippen LogP contribution in [-0.4, -0.2) is 20.4 Å². The maximum Gasteiger partial charge on any atom is 0.273 e. The van der Waals surface area contributed by atoms with Gasteiger partial charge in [0.2, 0.25) is 0 Å². The summed E-state index contributed by atoms with van der Waals surface area (Å²) in [6.45, 7) is 3.59. The largest absolute Gasteiger partial charge is 0.273 e. The van der Waals surface area contributed by atoms with Gasteiger partial charge in [0, 0.05) is 18.7 Å². The molecule has 0 amide bonds. The highest BCUT2D eigenvalue weighted by molar-refractivity contribution is 7.92. The maximum absolute atomic E-state index is 12.7. The Labute approximate surface area is 135 Å². The first kappa shape index (κ1) is 17.0. The summed E-state index contributed by atoms with van der Waals surface area (Å²) < 4.78 is 26.5. The predicted molar refractivity (Wildman–Crippen MR) is 89.2 cm³/mol. The number of rotatable bonds is 5. The number of anilines is 1. The van der Waals surface area contributed by atoms with Crippen LogP contribution < -0.4 is 4.31 Å². The van der Waals surface area contributed by atoms with Crippen LogP contribution in [0.3, 0.4) is 0 Å². The van der Waals surface area contributed by atoms with E-state index in [4.69, 9.17) is 0 Å². The van der Waals surface area contributed by atoms with E-state index in [1.807, 2.05) is 19.1 Å². The van der Waals surface area contributed by atoms with Crippen LogP contribution >= 0.6 is 0 Å². The number of nitro benzene ring substituents is 1. The van der Waals surface area contributed by atoms with Gasteiger partial charge in [-0.15, -0.1) is 0 Å². The molecule has 6 nitrogen and oxygen atoms in total. The summed E-state index contributed by atoms with van der Waals surface area (Å²) in [5.74, 6) is 0. The van der Waals surface area contributed by atoms with Crippen LogP contribution in [-0.2, 0) is 16.4 Å². The Kier molecular flexibility index (Phi) is 4.70. The Morgan fingerprint density at radius 2 is 1.74 bits per heavy atom. The molecule has 23 heavy (non-hydrogen) atoms. The van der Waals surface area contributed by atoms with E-state index in [9.17, 15) is 18.5 Å². The van der Waals surface area contributed by atoms with Crippen LogP contribution in [0.15, 0.2) is 47.4 Å². The van der Waals surface area contributed by atoms with Gasteiger partial charge >= 0.3 is 0 Å². The zero-order chi connectivity index (χ0) is 17.2. The maximum atomic E-state index is 12.7. The Hall–Kier alpha value is -2.41. The molecule has 0 fully saturated rings. The number of nitro groups is 1. The molecule has 0 saturated heterocycles. The second-order valence-electron chi connectivity index (χ2n) is 5.20. The Bertz CT molecular complexity index is 830. The number of hydrogen-bond acceptors (Lipinski definition) is 4. The van der Waals surface area contributed by atoms with Crippen LogP contribution in [0.5, 0.6) is 0 Å². The molecule has 0 saturated carbocycles. The van der Waals surface area contributed by atoms with Gasteiger partial charge in [0.1, 0.15) is 0 Å². The molecule has 2 rings (SSSR count). The Morgan fingerprint density at radius 3 is 2.26 bits per heavy atom. The molecule has 2 aromatic carbocycles. The quantitative estimate of drug-likeness (QED) is 0.621. The van der Waals surface area contributed by atoms with Gasteiger partial charge in [0.15, 0.2) is 0 Å². The Morgan fingerprint density at radius 1 is 1.13 bits per heavy atom. The van der Waals surface area contributed by atoms with Gasteiger partial charge in [-0.2, -0.15) is 0 Å². The fraction of sp³-hybridized carbons (Fsp3) is 0.250. The molecular formula is C16H18N2O4S. The lowest BCUT2D eigenvalue weighted by atomic mass is 10.1. The SMILES string of the molecule is CCc1ccc(N(C)S(=O)(=O)c2ccc(C)c([N+](=O)[O-])c2)cc1. The molecule has 2 aromatic rings. The second-order valence-corrected chi connectivity index (χ2v) is 7.17. The van der Waals surface area contributed by atoms with Crippen LogP contribution in [0.2, 0.25) is 0 Å². The summed E-state index contributed by atoms with van der Waals surface area (Å²) in [5.41, 5.74) is 1.82. The fourth-order valence-electron chi connectivity index (χ4n) is 2.18. The summed E-state index contributed by atoms with van der Waals surface area (Å²) in [6.07, 6.45) is 0.862. The average Bonchev–Trinajstić information content (AvgIpc) is 2.54. The lowest BCUT2D eigenvalue weighted by Crippen LogP contribution is -2.26. The van der Waals surface area contributed by atoms with Crippen molar-refractivity contribution in [1.29, 1.82) is 0 Å². The first-order valence-corrected chi connectivity index (χ1v) is 8.54. The van der Waals surface area contributed by atoms with Crippen molar-refractivity contribution in [2.24, 2.45) is 0 Å². The van der Waals surface area contributed by atoms with Crippen molar-refractivity contribution < 1.29 is 13.3 Å². The van der Waals surface area contributed by atoms with Crippen LogP contribution in [0.25, 0.3) is 0 Å². The zero-order valence-electron chi connectivity index (χ0n) is 13.2. The summed E-state index contributed by atoms with van der Waals surface area (Å²) in [7, 11) is -2.42. The zero-order valence-corrected chi connectivity index (χ0v) is 14.0. The molecule has 0 radical (unpaired) electrons. The minimum absolute atomic E-state index is 0.100. The normalized spacial score (nSPS) is 11.3. The van der Waals surface area contributed by atoms with Crippen molar-refractivity contribution in [3.8, 4) is 0 Å². The Balaban J connectivity index is 2.44. The smallest absolute Gasteiger partial charge is 0.269 e. The van der Waals surface area contributed by atoms with Crippen LogP contribution in [0.1, 0.15) is 18.1 Å². The topological polar surface area (TPSA) is 80.5 Å². The first-order chi connectivity index (χ1) is 10.8.